The predicted octanol–water partition coefficient (Wildman–Crippen LogP) is 3.47. The first-order valence-electron chi connectivity index (χ1n) is 7.19. The van der Waals surface area contributed by atoms with Gasteiger partial charge in [-0.25, -0.2) is 0 Å². The largest absolute Gasteiger partial charge is 0.496 e. The molecule has 5 heteroatoms. The molecule has 1 atom stereocenters. The lowest BCUT2D eigenvalue weighted by molar-refractivity contribution is 0.108. The van der Waals surface area contributed by atoms with Gasteiger partial charge >= 0.3 is 0 Å². The number of benzene rings is 2. The van der Waals surface area contributed by atoms with Crippen LogP contribution >= 0.6 is 8.58 Å². The SMILES string of the molecule is COc1cc(OC)c(PC(=O)c2c(C)cccc2C)c(OC)c1. The van der Waals surface area contributed by atoms with Crippen molar-refractivity contribution < 1.29 is 19.0 Å². The van der Waals surface area contributed by atoms with Gasteiger partial charge in [-0.2, -0.15) is 0 Å². The van der Waals surface area contributed by atoms with Gasteiger partial charge in [0.1, 0.15) is 17.2 Å². The number of rotatable bonds is 6. The van der Waals surface area contributed by atoms with Crippen LogP contribution in [-0.2, 0) is 0 Å². The Hall–Kier alpha value is -2.06. The molecule has 0 radical (unpaired) electrons. The van der Waals surface area contributed by atoms with E-state index in [4.69, 9.17) is 14.2 Å². The fourth-order valence-corrected chi connectivity index (χ4v) is 3.82. The Bertz CT molecular complexity index is 680. The lowest BCUT2D eigenvalue weighted by atomic mass is 10.0. The summed E-state index contributed by atoms with van der Waals surface area (Å²) in [4.78, 5) is 12.8. The zero-order chi connectivity index (χ0) is 17.0. The highest BCUT2D eigenvalue weighted by atomic mass is 31.1. The quantitative estimate of drug-likeness (QED) is 0.760. The summed E-state index contributed by atoms with van der Waals surface area (Å²) in [5, 5.41) is 0.753. The molecular weight excluding hydrogens is 311 g/mol. The number of carbonyl (C=O) groups excluding carboxylic acids is 1. The van der Waals surface area contributed by atoms with E-state index in [0.29, 0.717) is 17.2 Å². The van der Waals surface area contributed by atoms with Crippen LogP contribution < -0.4 is 19.5 Å². The lowest BCUT2D eigenvalue weighted by Crippen LogP contribution is -2.10. The zero-order valence-electron chi connectivity index (χ0n) is 14.0. The smallest absolute Gasteiger partial charge is 0.186 e. The average Bonchev–Trinajstić information content (AvgIpc) is 2.54. The fraction of sp³-hybridized carbons (Fsp3) is 0.278. The summed E-state index contributed by atoms with van der Waals surface area (Å²) >= 11 is 0. The van der Waals surface area contributed by atoms with Gasteiger partial charge in [-0.15, -0.1) is 0 Å². The number of ether oxygens (including phenoxy) is 3. The Morgan fingerprint density at radius 1 is 0.913 bits per heavy atom. The molecule has 2 rings (SSSR count). The highest BCUT2D eigenvalue weighted by Gasteiger charge is 2.19. The van der Waals surface area contributed by atoms with Gasteiger partial charge in [-0.3, -0.25) is 4.79 Å². The number of aryl methyl sites for hydroxylation is 2. The molecule has 0 saturated carbocycles. The van der Waals surface area contributed by atoms with Gasteiger partial charge in [0.2, 0.25) is 0 Å². The average molecular weight is 332 g/mol. The van der Waals surface area contributed by atoms with E-state index in [1.54, 1.807) is 33.5 Å². The topological polar surface area (TPSA) is 44.8 Å². The Labute approximate surface area is 138 Å². The van der Waals surface area contributed by atoms with E-state index in [2.05, 4.69) is 0 Å². The molecule has 0 N–H and O–H groups in total. The highest BCUT2D eigenvalue weighted by molar-refractivity contribution is 7.66. The zero-order valence-corrected chi connectivity index (χ0v) is 15.0. The molecule has 0 spiro atoms. The summed E-state index contributed by atoms with van der Waals surface area (Å²) in [7, 11) is 4.64. The molecule has 1 unspecified atom stereocenters. The Morgan fingerprint density at radius 2 is 1.43 bits per heavy atom. The molecule has 0 fully saturated rings. The molecule has 0 heterocycles. The van der Waals surface area contributed by atoms with Crippen LogP contribution in [0.3, 0.4) is 0 Å². The van der Waals surface area contributed by atoms with Gasteiger partial charge < -0.3 is 14.2 Å². The molecule has 0 aliphatic rings. The van der Waals surface area contributed by atoms with Gasteiger partial charge in [-0.1, -0.05) is 18.2 Å². The van der Waals surface area contributed by atoms with Crippen molar-refractivity contribution >= 4 is 19.4 Å². The minimum atomic E-state index is -0.0869. The van der Waals surface area contributed by atoms with Crippen molar-refractivity contribution in [2.45, 2.75) is 13.8 Å². The maximum Gasteiger partial charge on any atom is 0.186 e. The summed E-state index contributed by atoms with van der Waals surface area (Å²) in [6.07, 6.45) is 0. The monoisotopic (exact) mass is 332 g/mol. The molecule has 2 aromatic rings. The van der Waals surface area contributed by atoms with Crippen molar-refractivity contribution in [3.05, 3.63) is 47.0 Å². The van der Waals surface area contributed by atoms with Crippen LogP contribution in [0, 0.1) is 13.8 Å². The van der Waals surface area contributed by atoms with E-state index in [9.17, 15) is 4.79 Å². The molecule has 0 aromatic heterocycles. The van der Waals surface area contributed by atoms with Gasteiger partial charge in [0, 0.05) is 17.7 Å². The van der Waals surface area contributed by atoms with Crippen LogP contribution in [0.2, 0.25) is 0 Å². The third kappa shape index (κ3) is 3.65. The van der Waals surface area contributed by atoms with E-state index in [-0.39, 0.29) is 14.1 Å². The van der Waals surface area contributed by atoms with Gasteiger partial charge in [0.15, 0.2) is 5.52 Å². The minimum Gasteiger partial charge on any atom is -0.496 e. The molecule has 0 aliphatic carbocycles. The Balaban J connectivity index is 2.45. The van der Waals surface area contributed by atoms with Gasteiger partial charge in [0.05, 0.1) is 26.6 Å². The second-order valence-electron chi connectivity index (χ2n) is 5.13. The number of methoxy groups -OCH3 is 3. The first kappa shape index (κ1) is 17.3. The summed E-state index contributed by atoms with van der Waals surface area (Å²) in [5.74, 6) is 1.82. The molecule has 0 aliphatic heterocycles. The first-order valence-corrected chi connectivity index (χ1v) is 8.19. The number of hydrogen-bond donors (Lipinski definition) is 0. The van der Waals surface area contributed by atoms with Crippen LogP contribution in [0.1, 0.15) is 21.5 Å². The third-order valence-electron chi connectivity index (χ3n) is 3.66. The molecule has 23 heavy (non-hydrogen) atoms. The summed E-state index contributed by atoms with van der Waals surface area (Å²) in [5.41, 5.74) is 2.80. The van der Waals surface area contributed by atoms with E-state index < -0.39 is 0 Å². The minimum absolute atomic E-state index is 0.0716. The predicted molar refractivity (Wildman–Crippen MR) is 94.3 cm³/mol. The third-order valence-corrected chi connectivity index (χ3v) is 4.88. The van der Waals surface area contributed by atoms with E-state index in [1.165, 1.54) is 0 Å². The molecular formula is C18H21O4P. The summed E-state index contributed by atoms with van der Waals surface area (Å²) in [6.45, 7) is 3.90. The van der Waals surface area contributed by atoms with Crippen LogP contribution in [-0.4, -0.2) is 26.9 Å². The normalized spacial score (nSPS) is 10.8. The van der Waals surface area contributed by atoms with Crippen LogP contribution in [0.5, 0.6) is 17.2 Å². The maximum atomic E-state index is 12.8. The van der Waals surface area contributed by atoms with Gasteiger partial charge in [-0.05, 0) is 33.6 Å². The van der Waals surface area contributed by atoms with Gasteiger partial charge in [0.25, 0.3) is 0 Å². The summed E-state index contributed by atoms with van der Waals surface area (Å²) in [6, 6.07) is 9.39. The Morgan fingerprint density at radius 3 is 1.87 bits per heavy atom. The van der Waals surface area contributed by atoms with E-state index >= 15 is 0 Å². The van der Waals surface area contributed by atoms with Crippen molar-refractivity contribution in [3.8, 4) is 17.2 Å². The molecule has 0 saturated heterocycles. The van der Waals surface area contributed by atoms with Crippen molar-refractivity contribution in [1.29, 1.82) is 0 Å². The summed E-state index contributed by atoms with van der Waals surface area (Å²) < 4.78 is 16.1. The molecule has 4 nitrogen and oxygen atoms in total. The molecule has 2 aromatic carbocycles. The maximum absolute atomic E-state index is 12.8. The molecule has 0 bridgehead atoms. The second-order valence-corrected chi connectivity index (χ2v) is 6.33. The van der Waals surface area contributed by atoms with Crippen molar-refractivity contribution in [2.24, 2.45) is 0 Å². The fourth-order valence-electron chi connectivity index (χ4n) is 2.48. The standard InChI is InChI=1S/C18H21O4P/c1-11-7-6-8-12(2)16(11)18(19)23-17-14(21-4)9-13(20-3)10-15(17)22-5/h6-10,23H,1-5H3. The Kier molecular flexibility index (Phi) is 5.62. The van der Waals surface area contributed by atoms with Crippen molar-refractivity contribution in [3.63, 3.8) is 0 Å². The number of carbonyl (C=O) groups is 1. The van der Waals surface area contributed by atoms with Crippen LogP contribution in [0.25, 0.3) is 0 Å². The van der Waals surface area contributed by atoms with Crippen LogP contribution in [0.4, 0.5) is 0 Å². The number of hydrogen-bond acceptors (Lipinski definition) is 4. The molecule has 122 valence electrons. The highest BCUT2D eigenvalue weighted by Crippen LogP contribution is 2.34. The van der Waals surface area contributed by atoms with E-state index in [1.807, 2.05) is 32.0 Å². The van der Waals surface area contributed by atoms with E-state index in [0.717, 1.165) is 22.0 Å². The van der Waals surface area contributed by atoms with Crippen molar-refractivity contribution in [2.75, 3.05) is 21.3 Å². The van der Waals surface area contributed by atoms with Crippen LogP contribution in [0.15, 0.2) is 30.3 Å². The van der Waals surface area contributed by atoms with Crippen molar-refractivity contribution in [1.82, 2.24) is 0 Å². The second kappa shape index (κ2) is 7.47. The lowest BCUT2D eigenvalue weighted by Gasteiger charge is -2.15. The first-order chi connectivity index (χ1) is 11.0. The molecule has 0 amide bonds.